The van der Waals surface area contributed by atoms with Crippen LogP contribution in [0.5, 0.6) is 0 Å². The van der Waals surface area contributed by atoms with Crippen molar-refractivity contribution in [2.45, 2.75) is 72.6 Å². The second-order valence-corrected chi connectivity index (χ2v) is 5.13. The lowest BCUT2D eigenvalue weighted by molar-refractivity contribution is -0.125. The Kier molecular flexibility index (Phi) is 4.76. The molecule has 0 amide bonds. The van der Waals surface area contributed by atoms with Gasteiger partial charge in [0.2, 0.25) is 0 Å². The number of carbonyl (C=O) groups is 1. The average molecular weight is 222 g/mol. The van der Waals surface area contributed by atoms with Crippen molar-refractivity contribution >= 4 is 5.78 Å². The number of carbonyl (C=O) groups excluding carboxylic acids is 1. The van der Waals surface area contributed by atoms with E-state index >= 15 is 0 Å². The molecule has 1 aliphatic rings. The lowest BCUT2D eigenvalue weighted by atomic mass is 9.70. The fraction of sp³-hybridized carbons (Fsp3) is 0.800. The molecular formula is C15H26O. The lowest BCUT2D eigenvalue weighted by Crippen LogP contribution is -2.30. The highest BCUT2D eigenvalue weighted by Gasteiger charge is 2.34. The molecule has 0 radical (unpaired) electrons. The van der Waals surface area contributed by atoms with Gasteiger partial charge in [-0.2, -0.15) is 0 Å². The maximum atomic E-state index is 12.0. The topological polar surface area (TPSA) is 17.1 Å². The minimum atomic E-state index is -0.160. The third kappa shape index (κ3) is 2.39. The first-order chi connectivity index (χ1) is 7.58. The minimum Gasteiger partial charge on any atom is -0.299 e. The molecule has 0 unspecified atom stereocenters. The van der Waals surface area contributed by atoms with Gasteiger partial charge in [-0.15, -0.1) is 0 Å². The van der Waals surface area contributed by atoms with Crippen LogP contribution in [0.1, 0.15) is 72.6 Å². The highest BCUT2D eigenvalue weighted by molar-refractivity contribution is 5.85. The second-order valence-electron chi connectivity index (χ2n) is 5.13. The van der Waals surface area contributed by atoms with Gasteiger partial charge in [-0.05, 0) is 52.4 Å². The fourth-order valence-electron chi connectivity index (χ4n) is 3.23. The Morgan fingerprint density at radius 3 is 1.94 bits per heavy atom. The Morgan fingerprint density at radius 1 is 1.06 bits per heavy atom. The van der Waals surface area contributed by atoms with E-state index in [-0.39, 0.29) is 5.41 Å². The molecule has 0 bridgehead atoms. The number of allylic oxidation sites excluding steroid dienone is 2. The Labute approximate surface area is 100 Å². The molecule has 0 aliphatic heterocycles. The number of ketones is 1. The maximum Gasteiger partial charge on any atom is 0.139 e. The summed E-state index contributed by atoms with van der Waals surface area (Å²) in [6.45, 7) is 8.27. The molecule has 0 heterocycles. The molecule has 92 valence electrons. The molecule has 0 aromatic heterocycles. The Bertz CT molecular complexity index is 274. The van der Waals surface area contributed by atoms with Crippen LogP contribution in [0.3, 0.4) is 0 Å². The smallest absolute Gasteiger partial charge is 0.139 e. The largest absolute Gasteiger partial charge is 0.299 e. The van der Waals surface area contributed by atoms with E-state index in [9.17, 15) is 4.79 Å². The van der Waals surface area contributed by atoms with Crippen LogP contribution < -0.4 is 0 Å². The minimum absolute atomic E-state index is 0.160. The summed E-state index contributed by atoms with van der Waals surface area (Å²) in [6, 6.07) is 0. The van der Waals surface area contributed by atoms with Gasteiger partial charge in [0.05, 0.1) is 0 Å². The average Bonchev–Trinajstić information content (AvgIpc) is 2.32. The highest BCUT2D eigenvalue weighted by Crippen LogP contribution is 2.40. The van der Waals surface area contributed by atoms with Crippen molar-refractivity contribution in [1.29, 1.82) is 0 Å². The van der Waals surface area contributed by atoms with Crippen LogP contribution in [-0.4, -0.2) is 5.78 Å². The highest BCUT2D eigenvalue weighted by atomic mass is 16.1. The number of rotatable bonds is 4. The van der Waals surface area contributed by atoms with Gasteiger partial charge in [-0.25, -0.2) is 0 Å². The Hall–Kier alpha value is -0.590. The number of Topliss-reactive ketones (excluding diaryl/α,β-unsaturated/α-hetero) is 1. The van der Waals surface area contributed by atoms with Crippen molar-refractivity contribution < 1.29 is 4.79 Å². The zero-order chi connectivity index (χ0) is 12.2. The molecular weight excluding hydrogens is 196 g/mol. The predicted molar refractivity (Wildman–Crippen MR) is 69.5 cm³/mol. The Balaban J connectivity index is 3.06. The summed E-state index contributed by atoms with van der Waals surface area (Å²) in [5.41, 5.74) is 2.81. The van der Waals surface area contributed by atoms with Gasteiger partial charge in [0, 0.05) is 5.41 Å². The van der Waals surface area contributed by atoms with Crippen molar-refractivity contribution in [2.75, 3.05) is 0 Å². The second kappa shape index (κ2) is 5.65. The predicted octanol–water partition coefficient (Wildman–Crippen LogP) is 4.66. The van der Waals surface area contributed by atoms with Crippen molar-refractivity contribution in [3.63, 3.8) is 0 Å². The van der Waals surface area contributed by atoms with Crippen LogP contribution in [0.25, 0.3) is 0 Å². The zero-order valence-corrected chi connectivity index (χ0v) is 11.4. The van der Waals surface area contributed by atoms with Gasteiger partial charge in [-0.1, -0.05) is 31.4 Å². The summed E-state index contributed by atoms with van der Waals surface area (Å²) in [7, 11) is 0. The molecule has 1 rings (SSSR count). The number of hydrogen-bond acceptors (Lipinski definition) is 1. The molecule has 0 saturated heterocycles. The van der Waals surface area contributed by atoms with Crippen molar-refractivity contribution in [2.24, 2.45) is 5.41 Å². The molecule has 1 fully saturated rings. The standard InChI is InChI=1S/C15H26O/c1-5-15(6-2,13(4)16)12(3)14-10-8-7-9-11-14/h5-11H2,1-4H3. The van der Waals surface area contributed by atoms with Crippen LogP contribution >= 0.6 is 0 Å². The quantitative estimate of drug-likeness (QED) is 0.632. The molecule has 0 N–H and O–H groups in total. The van der Waals surface area contributed by atoms with Gasteiger partial charge < -0.3 is 0 Å². The van der Waals surface area contributed by atoms with Crippen LogP contribution in [0.2, 0.25) is 0 Å². The molecule has 1 aliphatic carbocycles. The molecule has 0 spiro atoms. The first-order valence-electron chi connectivity index (χ1n) is 6.78. The fourth-order valence-corrected chi connectivity index (χ4v) is 3.23. The first kappa shape index (κ1) is 13.5. The molecule has 16 heavy (non-hydrogen) atoms. The first-order valence-corrected chi connectivity index (χ1v) is 6.78. The summed E-state index contributed by atoms with van der Waals surface area (Å²) in [5, 5.41) is 0. The summed E-state index contributed by atoms with van der Waals surface area (Å²) < 4.78 is 0. The van der Waals surface area contributed by atoms with Crippen LogP contribution in [0.4, 0.5) is 0 Å². The molecule has 0 aromatic rings. The summed E-state index contributed by atoms with van der Waals surface area (Å²) in [6.07, 6.45) is 8.34. The summed E-state index contributed by atoms with van der Waals surface area (Å²) in [5.74, 6) is 0.355. The SMILES string of the molecule is CCC(CC)(C(C)=O)C(C)=C1CCCCC1. The van der Waals surface area contributed by atoms with Crippen molar-refractivity contribution in [1.82, 2.24) is 0 Å². The van der Waals surface area contributed by atoms with Gasteiger partial charge in [0.1, 0.15) is 5.78 Å². The van der Waals surface area contributed by atoms with E-state index in [1.54, 1.807) is 12.5 Å². The van der Waals surface area contributed by atoms with Crippen LogP contribution in [0.15, 0.2) is 11.1 Å². The third-order valence-electron chi connectivity index (χ3n) is 4.59. The number of hydrogen-bond donors (Lipinski definition) is 0. The normalized spacial score (nSPS) is 17.4. The lowest BCUT2D eigenvalue weighted by Gasteiger charge is -2.33. The van der Waals surface area contributed by atoms with Gasteiger partial charge in [-0.3, -0.25) is 4.79 Å². The molecule has 1 nitrogen and oxygen atoms in total. The summed E-state index contributed by atoms with van der Waals surface area (Å²) >= 11 is 0. The zero-order valence-electron chi connectivity index (χ0n) is 11.4. The van der Waals surface area contributed by atoms with E-state index in [2.05, 4.69) is 20.8 Å². The summed E-state index contributed by atoms with van der Waals surface area (Å²) in [4.78, 5) is 12.0. The van der Waals surface area contributed by atoms with Crippen LogP contribution in [-0.2, 0) is 4.79 Å². The molecule has 1 heteroatoms. The third-order valence-corrected chi connectivity index (χ3v) is 4.59. The van der Waals surface area contributed by atoms with E-state index in [0.717, 1.165) is 12.8 Å². The monoisotopic (exact) mass is 222 g/mol. The van der Waals surface area contributed by atoms with E-state index in [0.29, 0.717) is 5.78 Å². The van der Waals surface area contributed by atoms with E-state index in [1.165, 1.54) is 37.7 Å². The van der Waals surface area contributed by atoms with E-state index in [1.807, 2.05) is 0 Å². The van der Waals surface area contributed by atoms with Gasteiger partial charge in [0.25, 0.3) is 0 Å². The van der Waals surface area contributed by atoms with Gasteiger partial charge in [0.15, 0.2) is 0 Å². The van der Waals surface area contributed by atoms with Crippen molar-refractivity contribution in [3.8, 4) is 0 Å². The van der Waals surface area contributed by atoms with Gasteiger partial charge >= 0.3 is 0 Å². The van der Waals surface area contributed by atoms with Crippen molar-refractivity contribution in [3.05, 3.63) is 11.1 Å². The van der Waals surface area contributed by atoms with Crippen LogP contribution in [0, 0.1) is 5.41 Å². The van der Waals surface area contributed by atoms with E-state index < -0.39 is 0 Å². The molecule has 0 atom stereocenters. The molecule has 0 aromatic carbocycles. The molecule has 1 saturated carbocycles. The van der Waals surface area contributed by atoms with E-state index in [4.69, 9.17) is 0 Å². The Morgan fingerprint density at radius 2 is 1.56 bits per heavy atom. The maximum absolute atomic E-state index is 12.0.